The fraction of sp³-hybridized carbons (Fsp3) is 0.0500. The number of nitrogens with one attached hydrogen (secondary N) is 1. The average molecular weight is 490 g/mol. The lowest BCUT2D eigenvalue weighted by Crippen LogP contribution is -2.38. The van der Waals surface area contributed by atoms with Gasteiger partial charge >= 0.3 is 0 Å². The van der Waals surface area contributed by atoms with Gasteiger partial charge in [0.1, 0.15) is 12.2 Å². The summed E-state index contributed by atoms with van der Waals surface area (Å²) in [4.78, 5) is 23.2. The summed E-state index contributed by atoms with van der Waals surface area (Å²) in [5.41, 5.74) is -0.0212. The van der Waals surface area contributed by atoms with Crippen molar-refractivity contribution in [2.75, 3.05) is 16.2 Å². The first-order valence-corrected chi connectivity index (χ1v) is 10.9. The van der Waals surface area contributed by atoms with Gasteiger partial charge in [-0.1, -0.05) is 46.3 Å². The lowest BCUT2D eigenvalue weighted by molar-refractivity contribution is -0.383. The zero-order chi connectivity index (χ0) is 21.7. The Morgan fingerprint density at radius 3 is 2.20 bits per heavy atom. The highest BCUT2D eigenvalue weighted by atomic mass is 79.9. The van der Waals surface area contributed by atoms with Crippen LogP contribution < -0.4 is 9.62 Å². The van der Waals surface area contributed by atoms with Gasteiger partial charge in [0, 0.05) is 10.5 Å². The zero-order valence-electron chi connectivity index (χ0n) is 15.4. The van der Waals surface area contributed by atoms with Crippen LogP contribution in [0.15, 0.2) is 88.2 Å². The molecule has 0 saturated heterocycles. The van der Waals surface area contributed by atoms with Gasteiger partial charge in [-0.05, 0) is 42.5 Å². The van der Waals surface area contributed by atoms with E-state index in [1.54, 1.807) is 42.5 Å². The van der Waals surface area contributed by atoms with Crippen LogP contribution in [0.5, 0.6) is 0 Å². The second kappa shape index (κ2) is 9.06. The van der Waals surface area contributed by atoms with Crippen LogP contribution in [0, 0.1) is 10.1 Å². The third kappa shape index (κ3) is 4.84. The number of carbonyl (C=O) groups excluding carboxylic acids is 1. The summed E-state index contributed by atoms with van der Waals surface area (Å²) in [7, 11) is -4.06. The van der Waals surface area contributed by atoms with Gasteiger partial charge in [-0.25, -0.2) is 8.42 Å². The fourth-order valence-electron chi connectivity index (χ4n) is 2.70. The average Bonchev–Trinajstić information content (AvgIpc) is 2.73. The Morgan fingerprint density at radius 1 is 0.967 bits per heavy atom. The Kier molecular flexibility index (Phi) is 6.48. The van der Waals surface area contributed by atoms with E-state index in [1.165, 1.54) is 36.4 Å². The molecule has 30 heavy (non-hydrogen) atoms. The topological polar surface area (TPSA) is 110 Å². The number of amides is 1. The lowest BCUT2D eigenvalue weighted by Gasteiger charge is -2.24. The first-order valence-electron chi connectivity index (χ1n) is 8.65. The summed E-state index contributed by atoms with van der Waals surface area (Å²) in [6.45, 7) is -0.565. The Hall–Kier alpha value is -3.24. The molecule has 1 amide bonds. The Bertz CT molecular complexity index is 1170. The van der Waals surface area contributed by atoms with Crippen LogP contribution in [0.25, 0.3) is 0 Å². The molecule has 0 aliphatic rings. The van der Waals surface area contributed by atoms with E-state index in [4.69, 9.17) is 0 Å². The van der Waals surface area contributed by atoms with Gasteiger partial charge in [-0.3, -0.25) is 19.2 Å². The van der Waals surface area contributed by atoms with Crippen molar-refractivity contribution in [2.24, 2.45) is 0 Å². The molecular formula is C20H16BrN3O5S. The molecule has 3 rings (SSSR count). The molecule has 154 valence electrons. The van der Waals surface area contributed by atoms with Crippen molar-refractivity contribution in [3.05, 3.63) is 93.4 Å². The molecule has 0 spiro atoms. The number of carbonyl (C=O) groups is 1. The number of halogens is 1. The van der Waals surface area contributed by atoms with Gasteiger partial charge in [0.2, 0.25) is 5.91 Å². The third-order valence-electron chi connectivity index (χ3n) is 4.11. The van der Waals surface area contributed by atoms with Gasteiger partial charge in [-0.15, -0.1) is 0 Å². The minimum absolute atomic E-state index is 0.0136. The Morgan fingerprint density at radius 2 is 1.57 bits per heavy atom. The van der Waals surface area contributed by atoms with Crippen molar-refractivity contribution in [1.29, 1.82) is 0 Å². The molecule has 0 radical (unpaired) electrons. The van der Waals surface area contributed by atoms with Gasteiger partial charge in [-0.2, -0.15) is 0 Å². The van der Waals surface area contributed by atoms with Crippen molar-refractivity contribution in [2.45, 2.75) is 4.90 Å². The maximum Gasteiger partial charge on any atom is 0.292 e. The molecule has 0 fully saturated rings. The van der Waals surface area contributed by atoms with E-state index in [2.05, 4.69) is 21.2 Å². The van der Waals surface area contributed by atoms with Crippen LogP contribution in [-0.2, 0) is 14.8 Å². The molecule has 1 N–H and O–H groups in total. The number of para-hydroxylation sites is 2. The van der Waals surface area contributed by atoms with Crippen LogP contribution in [-0.4, -0.2) is 25.8 Å². The molecule has 0 aliphatic carbocycles. The number of anilines is 2. The summed E-state index contributed by atoms with van der Waals surface area (Å²) in [5, 5.41) is 13.6. The molecule has 8 nitrogen and oxygen atoms in total. The molecule has 10 heteroatoms. The van der Waals surface area contributed by atoms with E-state index in [0.717, 1.165) is 8.78 Å². The number of nitrogens with zero attached hydrogens (tertiary/aromatic N) is 2. The van der Waals surface area contributed by atoms with E-state index < -0.39 is 27.4 Å². The molecule has 3 aromatic carbocycles. The Balaban J connectivity index is 1.95. The van der Waals surface area contributed by atoms with Crippen LogP contribution in [0.1, 0.15) is 0 Å². The summed E-state index contributed by atoms with van der Waals surface area (Å²) < 4.78 is 28.1. The maximum atomic E-state index is 13.2. The second-order valence-corrected chi connectivity index (χ2v) is 8.90. The first kappa shape index (κ1) is 21.5. The summed E-state index contributed by atoms with van der Waals surface area (Å²) in [6, 6.07) is 19.8. The minimum atomic E-state index is -4.06. The van der Waals surface area contributed by atoms with Crippen molar-refractivity contribution >= 4 is 48.9 Å². The quantitative estimate of drug-likeness (QED) is 0.395. The number of benzene rings is 3. The van der Waals surface area contributed by atoms with Gasteiger partial charge < -0.3 is 5.32 Å². The van der Waals surface area contributed by atoms with Gasteiger partial charge in [0.05, 0.1) is 15.5 Å². The monoisotopic (exact) mass is 489 g/mol. The maximum absolute atomic E-state index is 13.2. The molecule has 3 aromatic rings. The third-order valence-corrected chi connectivity index (χ3v) is 6.42. The molecule has 0 unspecified atom stereocenters. The molecule has 0 heterocycles. The predicted octanol–water partition coefficient (Wildman–Crippen LogP) is 4.19. The smallest absolute Gasteiger partial charge is 0.292 e. The largest absolute Gasteiger partial charge is 0.319 e. The molecule has 0 bridgehead atoms. The summed E-state index contributed by atoms with van der Waals surface area (Å²) in [6.07, 6.45) is 0. The van der Waals surface area contributed by atoms with E-state index in [0.29, 0.717) is 0 Å². The van der Waals surface area contributed by atoms with Gasteiger partial charge in [0.25, 0.3) is 15.7 Å². The summed E-state index contributed by atoms with van der Waals surface area (Å²) >= 11 is 3.30. The van der Waals surface area contributed by atoms with Crippen molar-refractivity contribution in [1.82, 2.24) is 0 Å². The SMILES string of the molecule is O=C(CN(c1ccc(Br)cc1)S(=O)(=O)c1ccccc1)Nc1ccccc1[N+](=O)[O-]. The van der Waals surface area contributed by atoms with E-state index >= 15 is 0 Å². The van der Waals surface area contributed by atoms with Crippen molar-refractivity contribution in [3.8, 4) is 0 Å². The van der Waals surface area contributed by atoms with E-state index in [9.17, 15) is 23.3 Å². The highest BCUT2D eigenvalue weighted by Gasteiger charge is 2.27. The minimum Gasteiger partial charge on any atom is -0.319 e. The number of hydrogen-bond donors (Lipinski definition) is 1. The number of nitro groups is 1. The van der Waals surface area contributed by atoms with Crippen molar-refractivity contribution in [3.63, 3.8) is 0 Å². The number of sulfonamides is 1. The lowest BCUT2D eigenvalue weighted by atomic mass is 10.2. The van der Waals surface area contributed by atoms with Crippen LogP contribution in [0.3, 0.4) is 0 Å². The van der Waals surface area contributed by atoms with Crippen LogP contribution in [0.4, 0.5) is 17.1 Å². The highest BCUT2D eigenvalue weighted by molar-refractivity contribution is 9.10. The standard InChI is InChI=1S/C20H16BrN3O5S/c21-15-10-12-16(13-11-15)23(30(28,29)17-6-2-1-3-7-17)14-20(25)22-18-8-4-5-9-19(18)24(26)27/h1-13H,14H2,(H,22,25). The summed E-state index contributed by atoms with van der Waals surface area (Å²) in [5.74, 6) is -0.716. The molecule has 0 aliphatic heterocycles. The molecule has 0 saturated carbocycles. The number of nitro benzene ring substituents is 1. The van der Waals surface area contributed by atoms with Gasteiger partial charge in [0.15, 0.2) is 0 Å². The number of hydrogen-bond acceptors (Lipinski definition) is 5. The van der Waals surface area contributed by atoms with E-state index in [-0.39, 0.29) is 22.0 Å². The normalized spacial score (nSPS) is 11.0. The Labute approximate surface area is 181 Å². The predicted molar refractivity (Wildman–Crippen MR) is 117 cm³/mol. The molecule has 0 aromatic heterocycles. The first-order chi connectivity index (χ1) is 14.3. The van der Waals surface area contributed by atoms with E-state index in [1.807, 2.05) is 0 Å². The fourth-order valence-corrected chi connectivity index (χ4v) is 4.41. The molecular weight excluding hydrogens is 474 g/mol. The second-order valence-electron chi connectivity index (χ2n) is 6.12. The van der Waals surface area contributed by atoms with Crippen molar-refractivity contribution < 1.29 is 18.1 Å². The van der Waals surface area contributed by atoms with Crippen LogP contribution >= 0.6 is 15.9 Å². The highest BCUT2D eigenvalue weighted by Crippen LogP contribution is 2.27. The number of rotatable bonds is 7. The molecule has 0 atom stereocenters. The zero-order valence-corrected chi connectivity index (χ0v) is 17.8. The van der Waals surface area contributed by atoms with Crippen LogP contribution in [0.2, 0.25) is 0 Å².